The first-order valence-electron chi connectivity index (χ1n) is 8.29. The van der Waals surface area contributed by atoms with E-state index >= 15 is 0 Å². The van der Waals surface area contributed by atoms with Crippen LogP contribution < -0.4 is 4.90 Å². The van der Waals surface area contributed by atoms with Gasteiger partial charge in [0, 0.05) is 32.4 Å². The smallest absolute Gasteiger partial charge is 0.255 e. The Morgan fingerprint density at radius 3 is 2.16 bits per heavy atom. The third-order valence-electron chi connectivity index (χ3n) is 4.79. The van der Waals surface area contributed by atoms with Gasteiger partial charge in [-0.05, 0) is 23.3 Å². The lowest BCUT2D eigenvalue weighted by molar-refractivity contribution is 0.0770. The molecule has 2 aliphatic rings. The molecule has 0 aliphatic carbocycles. The number of aromatic nitrogens is 1. The molecule has 1 aromatic heterocycles. The van der Waals surface area contributed by atoms with E-state index in [1.165, 1.54) is 11.1 Å². The van der Waals surface area contributed by atoms with Crippen LogP contribution in [0.5, 0.6) is 0 Å². The Morgan fingerprint density at radius 1 is 0.960 bits per heavy atom. The average Bonchev–Trinajstić information content (AvgIpc) is 3.05. The number of carbonyl (C=O) groups excluding carboxylic acids is 1. The van der Waals surface area contributed by atoms with Gasteiger partial charge in [-0.15, -0.1) is 0 Å². The summed E-state index contributed by atoms with van der Waals surface area (Å²) in [5.41, 5.74) is 3.11. The second-order valence-electron chi connectivity index (χ2n) is 6.47. The van der Waals surface area contributed by atoms with Gasteiger partial charge < -0.3 is 9.80 Å². The van der Waals surface area contributed by atoms with E-state index in [4.69, 9.17) is 0 Å². The molecule has 1 amide bonds. The molecule has 0 spiro atoms. The average molecular weight is 357 g/mol. The van der Waals surface area contributed by atoms with Crippen LogP contribution in [0.3, 0.4) is 0 Å². The van der Waals surface area contributed by atoms with Crippen molar-refractivity contribution < 1.29 is 13.2 Å². The molecule has 0 saturated carbocycles. The minimum absolute atomic E-state index is 0.0380. The highest BCUT2D eigenvalue weighted by Crippen LogP contribution is 2.26. The quantitative estimate of drug-likeness (QED) is 0.814. The van der Waals surface area contributed by atoms with E-state index in [1.807, 2.05) is 18.2 Å². The first-order chi connectivity index (χ1) is 12.0. The van der Waals surface area contributed by atoms with Crippen molar-refractivity contribution >= 4 is 21.6 Å². The topological polar surface area (TPSA) is 70.6 Å². The fourth-order valence-corrected chi connectivity index (χ4v) is 4.49. The Hall–Kier alpha value is -2.41. The maximum Gasteiger partial charge on any atom is 0.255 e. The van der Waals surface area contributed by atoms with Crippen LogP contribution in [0.1, 0.15) is 21.5 Å². The van der Waals surface area contributed by atoms with Crippen molar-refractivity contribution in [3.05, 3.63) is 59.3 Å². The van der Waals surface area contributed by atoms with Gasteiger partial charge in [0.15, 0.2) is 9.84 Å². The molecule has 0 N–H and O–H groups in total. The van der Waals surface area contributed by atoms with Crippen molar-refractivity contribution in [1.82, 2.24) is 9.88 Å². The molecule has 1 saturated heterocycles. The molecule has 4 rings (SSSR count). The zero-order valence-corrected chi connectivity index (χ0v) is 14.6. The minimum atomic E-state index is -2.99. The molecule has 7 heteroatoms. The summed E-state index contributed by atoms with van der Waals surface area (Å²) in [7, 11) is -2.99. The number of pyridine rings is 1. The zero-order valence-electron chi connectivity index (χ0n) is 13.8. The largest absolute Gasteiger partial charge is 0.348 e. The third-order valence-corrected chi connectivity index (χ3v) is 6.40. The fraction of sp³-hybridized carbons (Fsp3) is 0.333. The summed E-state index contributed by atoms with van der Waals surface area (Å²) in [6.45, 7) is 2.15. The second-order valence-corrected chi connectivity index (χ2v) is 8.78. The van der Waals surface area contributed by atoms with E-state index in [0.29, 0.717) is 5.56 Å². The van der Waals surface area contributed by atoms with E-state index in [-0.39, 0.29) is 30.5 Å². The highest BCUT2D eigenvalue weighted by atomic mass is 32.2. The van der Waals surface area contributed by atoms with Gasteiger partial charge in [-0.3, -0.25) is 4.79 Å². The molecule has 3 heterocycles. The van der Waals surface area contributed by atoms with Crippen LogP contribution in [-0.2, 0) is 22.9 Å². The Bertz CT molecular complexity index is 870. The molecule has 2 aromatic rings. The lowest BCUT2D eigenvalue weighted by Crippen LogP contribution is -2.43. The predicted molar refractivity (Wildman–Crippen MR) is 95.1 cm³/mol. The van der Waals surface area contributed by atoms with Crippen molar-refractivity contribution in [2.24, 2.45) is 0 Å². The Morgan fingerprint density at radius 2 is 1.60 bits per heavy atom. The van der Waals surface area contributed by atoms with Gasteiger partial charge in [0.25, 0.3) is 5.91 Å². The van der Waals surface area contributed by atoms with Crippen molar-refractivity contribution in [1.29, 1.82) is 0 Å². The summed E-state index contributed by atoms with van der Waals surface area (Å²) in [6, 6.07) is 12.0. The summed E-state index contributed by atoms with van der Waals surface area (Å²) in [4.78, 5) is 20.7. The molecule has 0 radical (unpaired) electrons. The number of hydrogen-bond acceptors (Lipinski definition) is 5. The minimum Gasteiger partial charge on any atom is -0.348 e. The van der Waals surface area contributed by atoms with Crippen molar-refractivity contribution in [3.63, 3.8) is 0 Å². The second kappa shape index (κ2) is 6.15. The maximum absolute atomic E-state index is 12.5. The van der Waals surface area contributed by atoms with Crippen LogP contribution in [0.25, 0.3) is 0 Å². The molecule has 0 unspecified atom stereocenters. The molecule has 1 fully saturated rings. The Kier molecular flexibility index (Phi) is 3.95. The molecule has 1 aromatic carbocycles. The lowest BCUT2D eigenvalue weighted by Gasteiger charge is -2.26. The van der Waals surface area contributed by atoms with Crippen LogP contribution >= 0.6 is 0 Å². The van der Waals surface area contributed by atoms with Gasteiger partial charge in [0.2, 0.25) is 0 Å². The zero-order chi connectivity index (χ0) is 17.4. The highest BCUT2D eigenvalue weighted by molar-refractivity contribution is 7.91. The molecule has 0 bridgehead atoms. The van der Waals surface area contributed by atoms with E-state index in [2.05, 4.69) is 22.0 Å². The standard InChI is InChI=1S/C18H19N3O3S/c22-18(20-7-9-25(23,24)10-8-20)14-5-6-17(19-11-14)21-12-15-3-1-2-4-16(15)13-21/h1-6,11H,7-10,12-13H2. The van der Waals surface area contributed by atoms with Gasteiger partial charge in [-0.2, -0.15) is 0 Å². The van der Waals surface area contributed by atoms with E-state index in [1.54, 1.807) is 17.2 Å². The van der Waals surface area contributed by atoms with E-state index in [9.17, 15) is 13.2 Å². The third kappa shape index (κ3) is 3.24. The number of carbonyl (C=O) groups is 1. The molecule has 0 atom stereocenters. The number of fused-ring (bicyclic) bond motifs is 1. The fourth-order valence-electron chi connectivity index (χ4n) is 3.29. The monoisotopic (exact) mass is 357 g/mol. The maximum atomic E-state index is 12.5. The van der Waals surface area contributed by atoms with Crippen LogP contribution in [-0.4, -0.2) is 48.8 Å². The summed E-state index contributed by atoms with van der Waals surface area (Å²) >= 11 is 0. The van der Waals surface area contributed by atoms with Gasteiger partial charge >= 0.3 is 0 Å². The number of benzene rings is 1. The van der Waals surface area contributed by atoms with Gasteiger partial charge in [-0.25, -0.2) is 13.4 Å². The van der Waals surface area contributed by atoms with Crippen molar-refractivity contribution in [2.45, 2.75) is 13.1 Å². The lowest BCUT2D eigenvalue weighted by atomic mass is 10.1. The number of amides is 1. The summed E-state index contributed by atoms with van der Waals surface area (Å²) in [6.07, 6.45) is 1.59. The first kappa shape index (κ1) is 16.1. The van der Waals surface area contributed by atoms with Crippen LogP contribution in [0.15, 0.2) is 42.6 Å². The van der Waals surface area contributed by atoms with Gasteiger partial charge in [0.1, 0.15) is 5.82 Å². The number of rotatable bonds is 2. The number of sulfone groups is 1. The number of anilines is 1. The summed E-state index contributed by atoms with van der Waals surface area (Å²) in [5.74, 6) is 0.764. The normalized spacial score (nSPS) is 18.9. The molecule has 2 aliphatic heterocycles. The number of hydrogen-bond donors (Lipinski definition) is 0. The summed E-state index contributed by atoms with van der Waals surface area (Å²) in [5, 5.41) is 0. The van der Waals surface area contributed by atoms with Crippen LogP contribution in [0, 0.1) is 0 Å². The van der Waals surface area contributed by atoms with Crippen LogP contribution in [0.2, 0.25) is 0 Å². The predicted octanol–water partition coefficient (Wildman–Crippen LogP) is 1.47. The summed E-state index contributed by atoms with van der Waals surface area (Å²) < 4.78 is 23.0. The molecular weight excluding hydrogens is 338 g/mol. The van der Waals surface area contributed by atoms with Crippen molar-refractivity contribution in [3.8, 4) is 0 Å². The molecule has 6 nitrogen and oxygen atoms in total. The Labute approximate surface area is 147 Å². The Balaban J connectivity index is 1.45. The highest BCUT2D eigenvalue weighted by Gasteiger charge is 2.26. The van der Waals surface area contributed by atoms with Crippen LogP contribution in [0.4, 0.5) is 5.82 Å². The molecule has 130 valence electrons. The van der Waals surface area contributed by atoms with Crippen molar-refractivity contribution in [2.75, 3.05) is 29.5 Å². The first-order valence-corrected chi connectivity index (χ1v) is 10.1. The number of nitrogens with zero attached hydrogens (tertiary/aromatic N) is 3. The van der Waals surface area contributed by atoms with E-state index < -0.39 is 9.84 Å². The SMILES string of the molecule is O=C(c1ccc(N2Cc3ccccc3C2)nc1)N1CCS(=O)(=O)CC1. The molecular formula is C18H19N3O3S. The molecule has 25 heavy (non-hydrogen) atoms. The van der Waals surface area contributed by atoms with E-state index in [0.717, 1.165) is 18.9 Å². The van der Waals surface area contributed by atoms with Gasteiger partial charge in [-0.1, -0.05) is 24.3 Å². The van der Waals surface area contributed by atoms with Gasteiger partial charge in [0.05, 0.1) is 17.1 Å².